The topological polar surface area (TPSA) is 53.1 Å². The van der Waals surface area contributed by atoms with Crippen molar-refractivity contribution in [1.29, 1.82) is 0 Å². The summed E-state index contributed by atoms with van der Waals surface area (Å²) in [6.45, 7) is 7.53. The second-order valence-corrected chi connectivity index (χ2v) is 4.54. The van der Waals surface area contributed by atoms with Gasteiger partial charge >= 0.3 is 0 Å². The molecule has 0 atom stereocenters. The Hall–Kier alpha value is -1.97. The van der Waals surface area contributed by atoms with E-state index in [1.54, 1.807) is 17.1 Å². The summed E-state index contributed by atoms with van der Waals surface area (Å²) in [5.41, 5.74) is 9.90. The fourth-order valence-corrected chi connectivity index (χ4v) is 1.89. The molecule has 0 unspecified atom stereocenters. The summed E-state index contributed by atoms with van der Waals surface area (Å²) in [5, 5.41) is 4.12. The van der Waals surface area contributed by atoms with E-state index in [9.17, 15) is 0 Å². The third-order valence-electron chi connectivity index (χ3n) is 3.09. The Morgan fingerprint density at radius 2 is 1.94 bits per heavy atom. The number of benzene rings is 1. The van der Waals surface area contributed by atoms with E-state index in [-0.39, 0.29) is 0 Å². The normalized spacial score (nSPS) is 10.6. The third-order valence-corrected chi connectivity index (χ3v) is 3.09. The summed E-state index contributed by atoms with van der Waals surface area (Å²) >= 11 is 0. The Morgan fingerprint density at radius 3 is 2.61 bits per heavy atom. The molecule has 0 amide bonds. The molecule has 4 nitrogen and oxygen atoms in total. The van der Waals surface area contributed by atoms with E-state index in [0.717, 1.165) is 11.3 Å². The van der Waals surface area contributed by atoms with Gasteiger partial charge in [-0.15, -0.1) is 0 Å². The van der Waals surface area contributed by atoms with Crippen molar-refractivity contribution in [2.45, 2.75) is 27.3 Å². The Balaban J connectivity index is 2.00. The summed E-state index contributed by atoms with van der Waals surface area (Å²) in [6, 6.07) is 4.20. The van der Waals surface area contributed by atoms with Crippen molar-refractivity contribution >= 4 is 5.69 Å². The van der Waals surface area contributed by atoms with Crippen LogP contribution in [0.2, 0.25) is 0 Å². The average Bonchev–Trinajstić information content (AvgIpc) is 2.74. The van der Waals surface area contributed by atoms with Gasteiger partial charge in [0.05, 0.1) is 18.4 Å². The lowest BCUT2D eigenvalue weighted by Crippen LogP contribution is -2.10. The summed E-state index contributed by atoms with van der Waals surface area (Å²) in [7, 11) is 0. The van der Waals surface area contributed by atoms with E-state index < -0.39 is 0 Å². The molecule has 2 rings (SSSR count). The van der Waals surface area contributed by atoms with Crippen LogP contribution in [0.3, 0.4) is 0 Å². The summed E-state index contributed by atoms with van der Waals surface area (Å²) < 4.78 is 7.65. The van der Waals surface area contributed by atoms with Gasteiger partial charge in [-0.3, -0.25) is 4.68 Å². The fourth-order valence-electron chi connectivity index (χ4n) is 1.89. The molecule has 18 heavy (non-hydrogen) atoms. The lowest BCUT2D eigenvalue weighted by molar-refractivity contribution is 0.287. The number of aryl methyl sites for hydroxylation is 2. The van der Waals surface area contributed by atoms with Gasteiger partial charge in [0.25, 0.3) is 0 Å². The van der Waals surface area contributed by atoms with Crippen LogP contribution in [0, 0.1) is 20.8 Å². The van der Waals surface area contributed by atoms with Gasteiger partial charge in [0, 0.05) is 6.20 Å². The van der Waals surface area contributed by atoms with Crippen LogP contribution in [0.5, 0.6) is 5.75 Å². The van der Waals surface area contributed by atoms with Crippen LogP contribution < -0.4 is 10.5 Å². The Kier molecular flexibility index (Phi) is 3.55. The molecular formula is C14H19N3O. The van der Waals surface area contributed by atoms with E-state index in [2.05, 4.69) is 38.0 Å². The van der Waals surface area contributed by atoms with Crippen molar-refractivity contribution in [2.24, 2.45) is 0 Å². The van der Waals surface area contributed by atoms with Crippen LogP contribution in [0.25, 0.3) is 0 Å². The smallest absolute Gasteiger partial charge is 0.125 e. The number of rotatable bonds is 4. The van der Waals surface area contributed by atoms with E-state index in [0.29, 0.717) is 18.8 Å². The second-order valence-electron chi connectivity index (χ2n) is 4.54. The SMILES string of the molecule is Cc1ccc(C)c(OCCn2cc(N)cn2)c1C. The lowest BCUT2D eigenvalue weighted by Gasteiger charge is -2.13. The number of nitrogens with two attached hydrogens (primary N) is 1. The predicted molar refractivity (Wildman–Crippen MR) is 72.8 cm³/mol. The molecule has 0 spiro atoms. The highest BCUT2D eigenvalue weighted by molar-refractivity contribution is 5.44. The van der Waals surface area contributed by atoms with Crippen LogP contribution in [0.4, 0.5) is 5.69 Å². The molecule has 1 aromatic carbocycles. The maximum atomic E-state index is 5.86. The van der Waals surface area contributed by atoms with E-state index in [1.165, 1.54) is 11.1 Å². The molecule has 96 valence electrons. The Labute approximate surface area is 107 Å². The zero-order valence-corrected chi connectivity index (χ0v) is 11.1. The first-order valence-electron chi connectivity index (χ1n) is 6.05. The van der Waals surface area contributed by atoms with Crippen LogP contribution in [0.15, 0.2) is 24.5 Å². The molecule has 2 N–H and O–H groups in total. The van der Waals surface area contributed by atoms with Gasteiger partial charge in [-0.25, -0.2) is 0 Å². The first-order chi connectivity index (χ1) is 8.58. The molecule has 1 aromatic heterocycles. The monoisotopic (exact) mass is 245 g/mol. The molecule has 0 bridgehead atoms. The minimum atomic E-state index is 0.590. The van der Waals surface area contributed by atoms with E-state index >= 15 is 0 Å². The van der Waals surface area contributed by atoms with Crippen molar-refractivity contribution < 1.29 is 4.74 Å². The molecule has 0 saturated heterocycles. The molecule has 2 aromatic rings. The van der Waals surface area contributed by atoms with Gasteiger partial charge in [-0.2, -0.15) is 5.10 Å². The number of nitrogen functional groups attached to an aromatic ring is 1. The van der Waals surface area contributed by atoms with Crippen molar-refractivity contribution in [3.63, 3.8) is 0 Å². The largest absolute Gasteiger partial charge is 0.491 e. The number of hydrogen-bond acceptors (Lipinski definition) is 3. The summed E-state index contributed by atoms with van der Waals surface area (Å²) in [6.07, 6.45) is 3.45. The number of aromatic nitrogens is 2. The maximum absolute atomic E-state index is 5.86. The zero-order valence-electron chi connectivity index (χ0n) is 11.1. The molecule has 1 heterocycles. The minimum Gasteiger partial charge on any atom is -0.491 e. The molecule has 0 fully saturated rings. The summed E-state index contributed by atoms with van der Waals surface area (Å²) in [5.74, 6) is 0.982. The van der Waals surface area contributed by atoms with Crippen LogP contribution in [-0.4, -0.2) is 16.4 Å². The van der Waals surface area contributed by atoms with Gasteiger partial charge in [0.1, 0.15) is 12.4 Å². The van der Waals surface area contributed by atoms with Crippen molar-refractivity contribution in [3.05, 3.63) is 41.2 Å². The standard InChI is InChI=1S/C14H19N3O/c1-10-4-5-11(2)14(12(10)3)18-7-6-17-9-13(15)8-16-17/h4-5,8-9H,6-7,15H2,1-3H3. The first kappa shape index (κ1) is 12.5. The fraction of sp³-hybridized carbons (Fsp3) is 0.357. The Morgan fingerprint density at radius 1 is 1.22 bits per heavy atom. The van der Waals surface area contributed by atoms with Crippen LogP contribution in [-0.2, 0) is 6.54 Å². The van der Waals surface area contributed by atoms with Gasteiger partial charge in [0.2, 0.25) is 0 Å². The quantitative estimate of drug-likeness (QED) is 0.900. The van der Waals surface area contributed by atoms with Gasteiger partial charge in [-0.05, 0) is 37.5 Å². The van der Waals surface area contributed by atoms with Crippen molar-refractivity contribution in [2.75, 3.05) is 12.3 Å². The molecular weight excluding hydrogens is 226 g/mol. The number of ether oxygens (including phenoxy) is 1. The number of hydrogen-bond donors (Lipinski definition) is 1. The van der Waals surface area contributed by atoms with Gasteiger partial charge < -0.3 is 10.5 Å². The van der Waals surface area contributed by atoms with Crippen molar-refractivity contribution in [3.8, 4) is 5.75 Å². The van der Waals surface area contributed by atoms with Crippen molar-refractivity contribution in [1.82, 2.24) is 9.78 Å². The lowest BCUT2D eigenvalue weighted by atomic mass is 10.1. The molecule has 0 aliphatic carbocycles. The minimum absolute atomic E-state index is 0.590. The number of anilines is 1. The molecule has 4 heteroatoms. The predicted octanol–water partition coefficient (Wildman–Crippen LogP) is 2.47. The highest BCUT2D eigenvalue weighted by Gasteiger charge is 2.06. The molecule has 0 aliphatic heterocycles. The molecule has 0 radical (unpaired) electrons. The highest BCUT2D eigenvalue weighted by Crippen LogP contribution is 2.25. The molecule has 0 saturated carbocycles. The average molecular weight is 245 g/mol. The van der Waals surface area contributed by atoms with E-state index in [4.69, 9.17) is 10.5 Å². The summed E-state index contributed by atoms with van der Waals surface area (Å²) in [4.78, 5) is 0. The van der Waals surface area contributed by atoms with Crippen LogP contribution in [0.1, 0.15) is 16.7 Å². The Bertz CT molecular complexity index is 546. The second kappa shape index (κ2) is 5.12. The van der Waals surface area contributed by atoms with Gasteiger partial charge in [-0.1, -0.05) is 12.1 Å². The third kappa shape index (κ3) is 2.64. The van der Waals surface area contributed by atoms with Gasteiger partial charge in [0.15, 0.2) is 0 Å². The maximum Gasteiger partial charge on any atom is 0.125 e. The number of nitrogens with zero attached hydrogens (tertiary/aromatic N) is 2. The molecule has 0 aliphatic rings. The zero-order chi connectivity index (χ0) is 13.1. The van der Waals surface area contributed by atoms with Crippen LogP contribution >= 0.6 is 0 Å². The highest BCUT2D eigenvalue weighted by atomic mass is 16.5. The van der Waals surface area contributed by atoms with E-state index in [1.807, 2.05) is 0 Å². The first-order valence-corrected chi connectivity index (χ1v) is 6.05.